The Morgan fingerprint density at radius 2 is 1.62 bits per heavy atom. The molecule has 0 unspecified atom stereocenters. The molecular weight excluding hydrogens is 204 g/mol. The lowest BCUT2D eigenvalue weighted by Crippen LogP contribution is -2.23. The number of hydrogen-bond acceptors (Lipinski definition) is 3. The molecule has 3 nitrogen and oxygen atoms in total. The molecule has 0 aromatic rings. The van der Waals surface area contributed by atoms with Gasteiger partial charge in [-0.1, -0.05) is 19.3 Å². The first-order valence-electron chi connectivity index (χ1n) is 6.71. The van der Waals surface area contributed by atoms with E-state index in [0.29, 0.717) is 19.3 Å². The van der Waals surface area contributed by atoms with Crippen LogP contribution in [0.4, 0.5) is 0 Å². The van der Waals surface area contributed by atoms with Crippen molar-refractivity contribution in [2.75, 3.05) is 19.8 Å². The highest BCUT2D eigenvalue weighted by Crippen LogP contribution is 2.20. The maximum atomic E-state index is 5.85. The van der Waals surface area contributed by atoms with Crippen LogP contribution in [0.5, 0.6) is 0 Å². The van der Waals surface area contributed by atoms with Crippen molar-refractivity contribution in [1.29, 1.82) is 0 Å². The van der Waals surface area contributed by atoms with Gasteiger partial charge in [-0.2, -0.15) is 0 Å². The van der Waals surface area contributed by atoms with Crippen LogP contribution in [0.1, 0.15) is 52.4 Å². The predicted molar refractivity (Wildman–Crippen MR) is 64.5 cm³/mol. The second kappa shape index (κ2) is 8.97. The lowest BCUT2D eigenvalue weighted by molar-refractivity contribution is -0.150. The summed E-state index contributed by atoms with van der Waals surface area (Å²) in [7, 11) is 0. The van der Waals surface area contributed by atoms with Crippen molar-refractivity contribution in [2.24, 2.45) is 0 Å². The number of hydrogen-bond donors (Lipinski definition) is 0. The third kappa shape index (κ3) is 5.83. The molecule has 0 amide bonds. The van der Waals surface area contributed by atoms with Crippen LogP contribution >= 0.6 is 0 Å². The van der Waals surface area contributed by atoms with E-state index in [9.17, 15) is 0 Å². The van der Waals surface area contributed by atoms with Gasteiger partial charge in [0.2, 0.25) is 0 Å². The van der Waals surface area contributed by atoms with Crippen molar-refractivity contribution in [3.05, 3.63) is 0 Å². The van der Waals surface area contributed by atoms with Crippen LogP contribution in [0, 0.1) is 0 Å². The second-order valence-corrected chi connectivity index (χ2v) is 4.26. The Kier molecular flexibility index (Phi) is 7.81. The Hall–Kier alpha value is -0.120. The van der Waals surface area contributed by atoms with E-state index in [1.165, 1.54) is 32.1 Å². The Bertz CT molecular complexity index is 149. The summed E-state index contributed by atoms with van der Waals surface area (Å²) in [5.41, 5.74) is 0. The standard InChI is InChI=1S/C13H26O3/c1-3-14-13(15-4-2)10-11-16-12-8-6-5-7-9-12/h12-13H,3-11H2,1-2H3. The lowest BCUT2D eigenvalue weighted by atomic mass is 9.98. The van der Waals surface area contributed by atoms with Gasteiger partial charge in [0.05, 0.1) is 12.7 Å². The fourth-order valence-corrected chi connectivity index (χ4v) is 2.15. The summed E-state index contributed by atoms with van der Waals surface area (Å²) >= 11 is 0. The molecule has 0 aromatic heterocycles. The van der Waals surface area contributed by atoms with Gasteiger partial charge in [-0.3, -0.25) is 0 Å². The molecule has 1 aliphatic rings. The minimum absolute atomic E-state index is 0.0846. The first-order valence-corrected chi connectivity index (χ1v) is 6.71. The maximum absolute atomic E-state index is 5.85. The Labute approximate surface area is 99.5 Å². The molecule has 0 saturated heterocycles. The first kappa shape index (κ1) is 13.9. The molecule has 0 aliphatic heterocycles. The highest BCUT2D eigenvalue weighted by Gasteiger charge is 2.14. The van der Waals surface area contributed by atoms with Gasteiger partial charge in [-0.25, -0.2) is 0 Å². The minimum atomic E-state index is -0.0846. The average molecular weight is 230 g/mol. The van der Waals surface area contributed by atoms with Crippen molar-refractivity contribution >= 4 is 0 Å². The lowest BCUT2D eigenvalue weighted by Gasteiger charge is -2.23. The molecule has 0 N–H and O–H groups in total. The van der Waals surface area contributed by atoms with Gasteiger partial charge in [0.15, 0.2) is 6.29 Å². The zero-order valence-electron chi connectivity index (χ0n) is 10.7. The highest BCUT2D eigenvalue weighted by molar-refractivity contribution is 4.65. The molecule has 0 spiro atoms. The van der Waals surface area contributed by atoms with Crippen molar-refractivity contribution in [2.45, 2.75) is 64.8 Å². The molecule has 0 atom stereocenters. The van der Waals surface area contributed by atoms with E-state index in [0.717, 1.165) is 13.0 Å². The SMILES string of the molecule is CCOC(CCOC1CCCCC1)OCC. The smallest absolute Gasteiger partial charge is 0.159 e. The van der Waals surface area contributed by atoms with Gasteiger partial charge < -0.3 is 14.2 Å². The summed E-state index contributed by atoms with van der Waals surface area (Å²) in [5.74, 6) is 0. The quantitative estimate of drug-likeness (QED) is 0.600. The van der Waals surface area contributed by atoms with Gasteiger partial charge in [-0.05, 0) is 26.7 Å². The van der Waals surface area contributed by atoms with E-state index in [1.54, 1.807) is 0 Å². The van der Waals surface area contributed by atoms with Crippen molar-refractivity contribution in [1.82, 2.24) is 0 Å². The van der Waals surface area contributed by atoms with Crippen LogP contribution in [0.3, 0.4) is 0 Å². The fourth-order valence-electron chi connectivity index (χ4n) is 2.15. The Morgan fingerprint density at radius 3 is 2.19 bits per heavy atom. The average Bonchev–Trinajstić information content (AvgIpc) is 2.31. The topological polar surface area (TPSA) is 27.7 Å². The summed E-state index contributed by atoms with van der Waals surface area (Å²) in [4.78, 5) is 0. The maximum Gasteiger partial charge on any atom is 0.159 e. The van der Waals surface area contributed by atoms with E-state index >= 15 is 0 Å². The fraction of sp³-hybridized carbons (Fsp3) is 1.00. The monoisotopic (exact) mass is 230 g/mol. The molecule has 3 heteroatoms. The van der Waals surface area contributed by atoms with Crippen molar-refractivity contribution < 1.29 is 14.2 Å². The summed E-state index contributed by atoms with van der Waals surface area (Å²) in [6, 6.07) is 0. The molecule has 1 rings (SSSR count). The van der Waals surface area contributed by atoms with E-state index in [-0.39, 0.29) is 6.29 Å². The number of ether oxygens (including phenoxy) is 3. The van der Waals surface area contributed by atoms with Crippen molar-refractivity contribution in [3.63, 3.8) is 0 Å². The Balaban J connectivity index is 2.06. The molecule has 1 saturated carbocycles. The van der Waals surface area contributed by atoms with E-state index in [1.807, 2.05) is 13.8 Å². The van der Waals surface area contributed by atoms with Gasteiger partial charge >= 0.3 is 0 Å². The summed E-state index contributed by atoms with van der Waals surface area (Å²) < 4.78 is 16.8. The van der Waals surface area contributed by atoms with Gasteiger partial charge in [0, 0.05) is 19.6 Å². The second-order valence-electron chi connectivity index (χ2n) is 4.26. The van der Waals surface area contributed by atoms with E-state index in [4.69, 9.17) is 14.2 Å². The van der Waals surface area contributed by atoms with Gasteiger partial charge in [0.25, 0.3) is 0 Å². The molecule has 0 bridgehead atoms. The predicted octanol–water partition coefficient (Wildman–Crippen LogP) is 3.12. The molecule has 0 radical (unpaired) electrons. The molecule has 0 aromatic carbocycles. The van der Waals surface area contributed by atoms with E-state index in [2.05, 4.69) is 0 Å². The van der Waals surface area contributed by atoms with Crippen LogP contribution in [-0.4, -0.2) is 32.2 Å². The molecular formula is C13H26O3. The first-order chi connectivity index (χ1) is 7.86. The Morgan fingerprint density at radius 1 is 1.00 bits per heavy atom. The van der Waals surface area contributed by atoms with Crippen molar-refractivity contribution in [3.8, 4) is 0 Å². The highest BCUT2D eigenvalue weighted by atomic mass is 16.7. The number of rotatable bonds is 8. The van der Waals surface area contributed by atoms with Crippen LogP contribution in [0.2, 0.25) is 0 Å². The molecule has 1 aliphatic carbocycles. The van der Waals surface area contributed by atoms with Crippen LogP contribution < -0.4 is 0 Å². The largest absolute Gasteiger partial charge is 0.378 e. The van der Waals surface area contributed by atoms with Crippen LogP contribution in [0.15, 0.2) is 0 Å². The summed E-state index contributed by atoms with van der Waals surface area (Å²) in [6.45, 7) is 6.15. The molecule has 0 heterocycles. The third-order valence-electron chi connectivity index (χ3n) is 2.96. The molecule has 16 heavy (non-hydrogen) atoms. The zero-order chi connectivity index (χ0) is 11.6. The normalized spacial score (nSPS) is 18.2. The van der Waals surface area contributed by atoms with Crippen LogP contribution in [-0.2, 0) is 14.2 Å². The van der Waals surface area contributed by atoms with Crippen LogP contribution in [0.25, 0.3) is 0 Å². The van der Waals surface area contributed by atoms with Gasteiger partial charge in [-0.15, -0.1) is 0 Å². The minimum Gasteiger partial charge on any atom is -0.378 e. The zero-order valence-corrected chi connectivity index (χ0v) is 10.7. The summed E-state index contributed by atoms with van der Waals surface area (Å²) in [5, 5.41) is 0. The summed E-state index contributed by atoms with van der Waals surface area (Å²) in [6.07, 6.45) is 7.73. The van der Waals surface area contributed by atoms with Gasteiger partial charge in [0.1, 0.15) is 0 Å². The van der Waals surface area contributed by atoms with E-state index < -0.39 is 0 Å². The third-order valence-corrected chi connectivity index (χ3v) is 2.96. The molecule has 1 fully saturated rings. The molecule has 96 valence electrons.